The molecule has 0 saturated heterocycles. The number of aryl methyl sites for hydroxylation is 1. The molecule has 8 heteroatoms. The van der Waals surface area contributed by atoms with Gasteiger partial charge in [0.1, 0.15) is 5.60 Å². The average Bonchev–Trinajstić information content (AvgIpc) is 3.16. The van der Waals surface area contributed by atoms with Crippen molar-refractivity contribution < 1.29 is 14.3 Å². The molecule has 0 spiro atoms. The Bertz CT molecular complexity index is 925. The molecular weight excluding hydrogens is 330 g/mol. The molecule has 126 valence electrons. The van der Waals surface area contributed by atoms with E-state index >= 15 is 0 Å². The van der Waals surface area contributed by atoms with Gasteiger partial charge in [0.2, 0.25) is 0 Å². The number of aromatic nitrogens is 1. The minimum Gasteiger partial charge on any atom is -0.408 e. The molecule has 7 nitrogen and oxygen atoms in total. The number of nitrogens with zero attached hydrogens (tertiary/aromatic N) is 1. The van der Waals surface area contributed by atoms with Crippen molar-refractivity contribution in [1.82, 2.24) is 9.88 Å². The zero-order valence-electron chi connectivity index (χ0n) is 13.2. The standard InChI is InChI=1S/C16H17N3O4S/c1-16(22,13-4-3-7-24-13)9-17-14(20)18-10-5-6-11-12(8-10)23-15(21)19(11)2/h3-8,22H,9H2,1-2H3,(H2,17,18,20). The molecular formula is C16H17N3O4S. The summed E-state index contributed by atoms with van der Waals surface area (Å²) in [5.74, 6) is -0.460. The maximum absolute atomic E-state index is 12.0. The van der Waals surface area contributed by atoms with E-state index in [0.717, 1.165) is 4.88 Å². The van der Waals surface area contributed by atoms with Gasteiger partial charge in [-0.3, -0.25) is 4.57 Å². The smallest absolute Gasteiger partial charge is 0.408 e. The first-order valence-corrected chi connectivity index (χ1v) is 8.15. The fourth-order valence-electron chi connectivity index (χ4n) is 2.31. The molecule has 0 aliphatic heterocycles. The van der Waals surface area contributed by atoms with Crippen LogP contribution in [0.15, 0.2) is 44.9 Å². The van der Waals surface area contributed by atoms with Gasteiger partial charge in [-0.15, -0.1) is 11.3 Å². The number of hydrogen-bond acceptors (Lipinski definition) is 5. The van der Waals surface area contributed by atoms with Crippen LogP contribution in [0, 0.1) is 0 Å². The second kappa shape index (κ2) is 6.14. The third-order valence-electron chi connectivity index (χ3n) is 3.70. The Morgan fingerprint density at radius 1 is 1.42 bits per heavy atom. The molecule has 0 aliphatic rings. The summed E-state index contributed by atoms with van der Waals surface area (Å²) >= 11 is 1.42. The summed E-state index contributed by atoms with van der Waals surface area (Å²) in [4.78, 5) is 24.2. The van der Waals surface area contributed by atoms with Gasteiger partial charge in [-0.25, -0.2) is 9.59 Å². The number of thiophene rings is 1. The number of rotatable bonds is 4. The fourth-order valence-corrected chi connectivity index (χ4v) is 3.10. The van der Waals surface area contributed by atoms with E-state index in [0.29, 0.717) is 16.8 Å². The van der Waals surface area contributed by atoms with E-state index < -0.39 is 17.4 Å². The predicted molar refractivity (Wildman–Crippen MR) is 92.4 cm³/mol. The third kappa shape index (κ3) is 3.19. The number of anilines is 1. The van der Waals surface area contributed by atoms with Gasteiger partial charge in [0.15, 0.2) is 5.58 Å². The minimum absolute atomic E-state index is 0.0714. The molecule has 3 N–H and O–H groups in total. The minimum atomic E-state index is -1.14. The number of carbonyl (C=O) groups excluding carboxylic acids is 1. The molecule has 0 saturated carbocycles. The summed E-state index contributed by atoms with van der Waals surface area (Å²) in [5.41, 5.74) is 0.393. The van der Waals surface area contributed by atoms with Crippen molar-refractivity contribution in [3.8, 4) is 0 Å². The number of fused-ring (bicyclic) bond motifs is 1. The lowest BCUT2D eigenvalue weighted by Crippen LogP contribution is -2.40. The first kappa shape index (κ1) is 16.3. The number of urea groups is 1. The van der Waals surface area contributed by atoms with Gasteiger partial charge in [0.05, 0.1) is 12.1 Å². The van der Waals surface area contributed by atoms with Crippen LogP contribution in [0.5, 0.6) is 0 Å². The first-order chi connectivity index (χ1) is 11.4. The number of benzene rings is 1. The number of aliphatic hydroxyl groups is 1. The van der Waals surface area contributed by atoms with Crippen molar-refractivity contribution in [2.24, 2.45) is 7.05 Å². The number of oxazole rings is 1. The molecule has 1 aromatic carbocycles. The highest BCUT2D eigenvalue weighted by Crippen LogP contribution is 2.24. The van der Waals surface area contributed by atoms with Crippen molar-refractivity contribution in [2.45, 2.75) is 12.5 Å². The Hall–Kier alpha value is -2.58. The largest absolute Gasteiger partial charge is 0.419 e. The van der Waals surface area contributed by atoms with Gasteiger partial charge < -0.3 is 20.2 Å². The summed E-state index contributed by atoms with van der Waals surface area (Å²) in [7, 11) is 1.61. The maximum atomic E-state index is 12.0. The first-order valence-electron chi connectivity index (χ1n) is 7.27. The van der Waals surface area contributed by atoms with E-state index in [2.05, 4.69) is 10.6 Å². The van der Waals surface area contributed by atoms with Crippen molar-refractivity contribution in [2.75, 3.05) is 11.9 Å². The van der Waals surface area contributed by atoms with E-state index in [1.54, 1.807) is 32.2 Å². The summed E-state index contributed by atoms with van der Waals surface area (Å²) in [5, 5.41) is 17.5. The van der Waals surface area contributed by atoms with Crippen LogP contribution in [-0.4, -0.2) is 22.2 Å². The van der Waals surface area contributed by atoms with Gasteiger partial charge in [-0.2, -0.15) is 0 Å². The van der Waals surface area contributed by atoms with Gasteiger partial charge >= 0.3 is 11.8 Å². The van der Waals surface area contributed by atoms with E-state index in [-0.39, 0.29) is 6.54 Å². The summed E-state index contributed by atoms with van der Waals surface area (Å²) in [6, 6.07) is 8.15. The van der Waals surface area contributed by atoms with E-state index in [1.165, 1.54) is 15.9 Å². The fraction of sp³-hybridized carbons (Fsp3) is 0.250. The van der Waals surface area contributed by atoms with Crippen molar-refractivity contribution in [1.29, 1.82) is 0 Å². The van der Waals surface area contributed by atoms with E-state index in [4.69, 9.17) is 4.42 Å². The Balaban J connectivity index is 1.66. The topological polar surface area (TPSA) is 96.5 Å². The van der Waals surface area contributed by atoms with Crippen LogP contribution in [0.1, 0.15) is 11.8 Å². The van der Waals surface area contributed by atoms with Crippen LogP contribution in [0.25, 0.3) is 11.1 Å². The summed E-state index contributed by atoms with van der Waals surface area (Å²) in [6.45, 7) is 1.71. The molecule has 1 atom stereocenters. The van der Waals surface area contributed by atoms with Crippen LogP contribution in [0.3, 0.4) is 0 Å². The highest BCUT2D eigenvalue weighted by atomic mass is 32.1. The van der Waals surface area contributed by atoms with Crippen LogP contribution >= 0.6 is 11.3 Å². The summed E-state index contributed by atoms with van der Waals surface area (Å²) < 4.78 is 6.47. The van der Waals surface area contributed by atoms with Crippen molar-refractivity contribution in [3.05, 3.63) is 51.1 Å². The zero-order chi connectivity index (χ0) is 17.3. The molecule has 3 aromatic rings. The monoisotopic (exact) mass is 347 g/mol. The zero-order valence-corrected chi connectivity index (χ0v) is 14.0. The second-order valence-electron chi connectivity index (χ2n) is 5.67. The predicted octanol–water partition coefficient (Wildman–Crippen LogP) is 2.22. The van der Waals surface area contributed by atoms with Crippen LogP contribution in [-0.2, 0) is 12.6 Å². The Morgan fingerprint density at radius 2 is 2.21 bits per heavy atom. The quantitative estimate of drug-likeness (QED) is 0.674. The molecule has 2 heterocycles. The van der Waals surface area contributed by atoms with Crippen LogP contribution < -0.4 is 16.4 Å². The second-order valence-corrected chi connectivity index (χ2v) is 6.62. The maximum Gasteiger partial charge on any atom is 0.419 e. The molecule has 1 unspecified atom stereocenters. The lowest BCUT2D eigenvalue weighted by molar-refractivity contribution is 0.0637. The Labute approximate surface area is 141 Å². The lowest BCUT2D eigenvalue weighted by atomic mass is 10.1. The van der Waals surface area contributed by atoms with Gasteiger partial charge in [0, 0.05) is 23.7 Å². The molecule has 0 aliphatic carbocycles. The van der Waals surface area contributed by atoms with E-state index in [9.17, 15) is 14.7 Å². The van der Waals surface area contributed by atoms with Gasteiger partial charge in [-0.05, 0) is 30.5 Å². The van der Waals surface area contributed by atoms with Crippen molar-refractivity contribution >= 4 is 34.2 Å². The molecule has 2 aromatic heterocycles. The summed E-state index contributed by atoms with van der Waals surface area (Å²) in [6.07, 6.45) is 0. The molecule has 0 fully saturated rings. The Morgan fingerprint density at radius 3 is 2.92 bits per heavy atom. The molecule has 0 bridgehead atoms. The molecule has 2 amide bonds. The van der Waals surface area contributed by atoms with E-state index in [1.807, 2.05) is 17.5 Å². The number of carbonyl (C=O) groups is 1. The molecule has 3 rings (SSSR count). The van der Waals surface area contributed by atoms with Crippen LogP contribution in [0.2, 0.25) is 0 Å². The average molecular weight is 347 g/mol. The Kier molecular flexibility index (Phi) is 4.16. The number of nitrogens with one attached hydrogen (secondary N) is 2. The number of hydrogen-bond donors (Lipinski definition) is 3. The van der Waals surface area contributed by atoms with Crippen molar-refractivity contribution in [3.63, 3.8) is 0 Å². The SMILES string of the molecule is Cn1c(=O)oc2cc(NC(=O)NCC(C)(O)c3cccs3)ccc21. The third-order valence-corrected chi connectivity index (χ3v) is 4.82. The molecule has 24 heavy (non-hydrogen) atoms. The van der Waals surface area contributed by atoms with Crippen LogP contribution in [0.4, 0.5) is 10.5 Å². The highest BCUT2D eigenvalue weighted by molar-refractivity contribution is 7.10. The normalized spacial score (nSPS) is 13.6. The molecule has 0 radical (unpaired) electrons. The number of amides is 2. The van der Waals surface area contributed by atoms with Gasteiger partial charge in [-0.1, -0.05) is 6.07 Å². The lowest BCUT2D eigenvalue weighted by Gasteiger charge is -2.22. The highest BCUT2D eigenvalue weighted by Gasteiger charge is 2.24. The van der Waals surface area contributed by atoms with Gasteiger partial charge in [0.25, 0.3) is 0 Å².